The van der Waals surface area contributed by atoms with E-state index in [9.17, 15) is 0 Å². The van der Waals surface area contributed by atoms with E-state index in [4.69, 9.17) is 22.7 Å². The third kappa shape index (κ3) is 4.39. The zero-order chi connectivity index (χ0) is 12.9. The number of hydrogen-bond donors (Lipinski definition) is 1. The SMILES string of the molecule is CSC1(C(N)=S)CCN(CCOC(C)C)CC1. The molecule has 1 aliphatic rings. The van der Waals surface area contributed by atoms with Crippen molar-refractivity contribution in [3.05, 3.63) is 0 Å². The second-order valence-corrected chi connectivity index (χ2v) is 6.45. The van der Waals surface area contributed by atoms with Gasteiger partial charge in [-0.05, 0) is 46.0 Å². The lowest BCUT2D eigenvalue weighted by atomic mass is 9.95. The van der Waals surface area contributed by atoms with Crippen molar-refractivity contribution in [3.63, 3.8) is 0 Å². The highest BCUT2D eigenvalue weighted by Crippen LogP contribution is 2.34. The molecular weight excluding hydrogens is 252 g/mol. The molecule has 3 nitrogen and oxygen atoms in total. The standard InChI is InChI=1S/C12H24N2OS2/c1-10(2)15-9-8-14-6-4-12(17-3,5-7-14)11(13)16/h10H,4-9H2,1-3H3,(H2,13,16). The van der Waals surface area contributed by atoms with Crippen molar-refractivity contribution in [3.8, 4) is 0 Å². The van der Waals surface area contributed by atoms with Crippen LogP contribution in [0, 0.1) is 0 Å². The van der Waals surface area contributed by atoms with Gasteiger partial charge in [-0.25, -0.2) is 0 Å². The van der Waals surface area contributed by atoms with Gasteiger partial charge in [0.1, 0.15) is 0 Å². The highest BCUT2D eigenvalue weighted by Gasteiger charge is 2.36. The van der Waals surface area contributed by atoms with Crippen LogP contribution in [-0.4, -0.2) is 53.2 Å². The summed E-state index contributed by atoms with van der Waals surface area (Å²) in [5.41, 5.74) is 5.87. The molecule has 0 saturated carbocycles. The Morgan fingerprint density at radius 3 is 2.47 bits per heavy atom. The fourth-order valence-corrected chi connectivity index (χ4v) is 3.35. The molecule has 1 fully saturated rings. The lowest BCUT2D eigenvalue weighted by Gasteiger charge is -2.40. The molecule has 1 heterocycles. The maximum absolute atomic E-state index is 5.87. The van der Waals surface area contributed by atoms with Crippen molar-refractivity contribution in [2.24, 2.45) is 5.73 Å². The van der Waals surface area contributed by atoms with Gasteiger partial charge in [-0.3, -0.25) is 0 Å². The van der Waals surface area contributed by atoms with Crippen LogP contribution in [-0.2, 0) is 4.74 Å². The Labute approximate surface area is 114 Å². The second kappa shape index (κ2) is 6.92. The Kier molecular flexibility index (Phi) is 6.20. The lowest BCUT2D eigenvalue weighted by Crippen LogP contribution is -2.49. The van der Waals surface area contributed by atoms with Crippen LogP contribution in [0.15, 0.2) is 0 Å². The number of rotatable bonds is 6. The number of piperidine rings is 1. The van der Waals surface area contributed by atoms with E-state index in [-0.39, 0.29) is 4.75 Å². The number of ether oxygens (including phenoxy) is 1. The Balaban J connectivity index is 2.32. The summed E-state index contributed by atoms with van der Waals surface area (Å²) in [6, 6.07) is 0. The number of thioether (sulfide) groups is 1. The molecule has 17 heavy (non-hydrogen) atoms. The molecule has 0 unspecified atom stereocenters. The topological polar surface area (TPSA) is 38.5 Å². The quantitative estimate of drug-likeness (QED) is 0.750. The predicted molar refractivity (Wildman–Crippen MR) is 79.8 cm³/mol. The zero-order valence-electron chi connectivity index (χ0n) is 11.1. The van der Waals surface area contributed by atoms with Crippen LogP contribution < -0.4 is 5.73 Å². The molecule has 0 aromatic carbocycles. The first-order valence-electron chi connectivity index (χ1n) is 6.19. The third-order valence-corrected chi connectivity index (χ3v) is 5.29. The molecule has 0 amide bonds. The van der Waals surface area contributed by atoms with E-state index in [0.29, 0.717) is 11.1 Å². The minimum Gasteiger partial charge on any atom is -0.392 e. The van der Waals surface area contributed by atoms with Crippen molar-refractivity contribution < 1.29 is 4.74 Å². The zero-order valence-corrected chi connectivity index (χ0v) is 12.7. The lowest BCUT2D eigenvalue weighted by molar-refractivity contribution is 0.0543. The average Bonchev–Trinajstić information content (AvgIpc) is 2.29. The van der Waals surface area contributed by atoms with Crippen molar-refractivity contribution in [2.45, 2.75) is 37.5 Å². The van der Waals surface area contributed by atoms with Gasteiger partial charge in [-0.1, -0.05) is 12.2 Å². The summed E-state index contributed by atoms with van der Waals surface area (Å²) in [5.74, 6) is 0. The van der Waals surface area contributed by atoms with Crippen LogP contribution in [0.5, 0.6) is 0 Å². The van der Waals surface area contributed by atoms with Crippen LogP contribution in [0.3, 0.4) is 0 Å². The van der Waals surface area contributed by atoms with Gasteiger partial charge in [0.15, 0.2) is 0 Å². The summed E-state index contributed by atoms with van der Waals surface area (Å²) in [4.78, 5) is 3.11. The molecule has 100 valence electrons. The van der Waals surface area contributed by atoms with Gasteiger partial charge in [0.05, 0.1) is 22.4 Å². The second-order valence-electron chi connectivity index (χ2n) is 4.82. The molecule has 0 spiro atoms. The van der Waals surface area contributed by atoms with E-state index in [1.165, 1.54) is 0 Å². The van der Waals surface area contributed by atoms with E-state index in [0.717, 1.165) is 39.1 Å². The van der Waals surface area contributed by atoms with Crippen LogP contribution in [0.1, 0.15) is 26.7 Å². The van der Waals surface area contributed by atoms with Crippen molar-refractivity contribution in [2.75, 3.05) is 32.5 Å². The Morgan fingerprint density at radius 1 is 1.47 bits per heavy atom. The Hall–Kier alpha value is 0.160. The molecule has 0 aromatic heterocycles. The molecule has 2 N–H and O–H groups in total. The largest absolute Gasteiger partial charge is 0.392 e. The van der Waals surface area contributed by atoms with Crippen molar-refractivity contribution in [1.29, 1.82) is 0 Å². The summed E-state index contributed by atoms with van der Waals surface area (Å²) in [7, 11) is 0. The summed E-state index contributed by atoms with van der Waals surface area (Å²) >= 11 is 7.01. The monoisotopic (exact) mass is 276 g/mol. The van der Waals surface area contributed by atoms with Gasteiger partial charge >= 0.3 is 0 Å². The molecule has 0 bridgehead atoms. The summed E-state index contributed by atoms with van der Waals surface area (Å²) < 4.78 is 5.61. The van der Waals surface area contributed by atoms with Crippen LogP contribution in [0.25, 0.3) is 0 Å². The molecule has 0 aromatic rings. The van der Waals surface area contributed by atoms with Gasteiger partial charge in [0.2, 0.25) is 0 Å². The van der Waals surface area contributed by atoms with Gasteiger partial charge in [0.25, 0.3) is 0 Å². The van der Waals surface area contributed by atoms with E-state index in [1.54, 1.807) is 0 Å². The summed E-state index contributed by atoms with van der Waals surface area (Å²) in [6.07, 6.45) is 4.55. The Morgan fingerprint density at radius 2 is 2.06 bits per heavy atom. The first-order chi connectivity index (χ1) is 8.00. The smallest absolute Gasteiger partial charge is 0.0891 e. The maximum atomic E-state index is 5.87. The highest BCUT2D eigenvalue weighted by atomic mass is 32.2. The number of thiocarbonyl (C=S) groups is 1. The molecule has 5 heteroatoms. The van der Waals surface area contributed by atoms with Gasteiger partial charge < -0.3 is 15.4 Å². The van der Waals surface area contributed by atoms with Gasteiger partial charge in [-0.2, -0.15) is 11.8 Å². The van der Waals surface area contributed by atoms with E-state index < -0.39 is 0 Å². The number of nitrogens with zero attached hydrogens (tertiary/aromatic N) is 1. The van der Waals surface area contributed by atoms with Crippen molar-refractivity contribution >= 4 is 29.0 Å². The fraction of sp³-hybridized carbons (Fsp3) is 0.917. The van der Waals surface area contributed by atoms with E-state index >= 15 is 0 Å². The highest BCUT2D eigenvalue weighted by molar-refractivity contribution is 8.01. The van der Waals surface area contributed by atoms with E-state index in [2.05, 4.69) is 25.0 Å². The van der Waals surface area contributed by atoms with E-state index in [1.807, 2.05) is 11.8 Å². The molecule has 1 saturated heterocycles. The Bertz CT molecular complexity index is 251. The molecular formula is C12H24N2OS2. The molecule has 1 rings (SSSR count). The van der Waals surface area contributed by atoms with Crippen molar-refractivity contribution in [1.82, 2.24) is 4.90 Å². The fourth-order valence-electron chi connectivity index (χ4n) is 2.11. The first kappa shape index (κ1) is 15.2. The third-order valence-electron chi connectivity index (χ3n) is 3.36. The van der Waals surface area contributed by atoms with Crippen LogP contribution in [0.2, 0.25) is 0 Å². The number of likely N-dealkylation sites (tertiary alicyclic amines) is 1. The molecule has 0 radical (unpaired) electrons. The minimum atomic E-state index is 0.0325. The van der Waals surface area contributed by atoms with Gasteiger partial charge in [-0.15, -0.1) is 0 Å². The van der Waals surface area contributed by atoms with Gasteiger partial charge in [0, 0.05) is 6.54 Å². The summed E-state index contributed by atoms with van der Waals surface area (Å²) in [5, 5.41) is 0. The number of hydrogen-bond acceptors (Lipinski definition) is 4. The normalized spacial score (nSPS) is 20.7. The molecule has 0 atom stereocenters. The first-order valence-corrected chi connectivity index (χ1v) is 7.82. The van der Waals surface area contributed by atoms with Crippen LogP contribution in [0.4, 0.5) is 0 Å². The molecule has 0 aliphatic carbocycles. The number of nitrogens with two attached hydrogens (primary N) is 1. The average molecular weight is 276 g/mol. The van der Waals surface area contributed by atoms with Crippen LogP contribution >= 0.6 is 24.0 Å². The maximum Gasteiger partial charge on any atom is 0.0891 e. The summed E-state index contributed by atoms with van der Waals surface area (Å²) in [6.45, 7) is 8.11. The molecule has 1 aliphatic heterocycles. The predicted octanol–water partition coefficient (Wildman–Crippen LogP) is 1.90. The minimum absolute atomic E-state index is 0.0325.